The fourth-order valence-electron chi connectivity index (χ4n) is 3.84. The summed E-state index contributed by atoms with van der Waals surface area (Å²) in [6, 6.07) is 21.7. The van der Waals surface area contributed by atoms with Gasteiger partial charge in [-0.05, 0) is 28.8 Å². The molecule has 164 valence electrons. The van der Waals surface area contributed by atoms with E-state index in [0.29, 0.717) is 16.7 Å². The number of amides is 3. The van der Waals surface area contributed by atoms with Gasteiger partial charge in [-0.2, -0.15) is 8.78 Å². The molecule has 1 saturated heterocycles. The van der Waals surface area contributed by atoms with Crippen LogP contribution in [0.5, 0.6) is 11.5 Å². The minimum Gasteiger partial charge on any atom is -0.493 e. The lowest BCUT2D eigenvalue weighted by Crippen LogP contribution is -2.45. The number of hydrogen-bond acceptors (Lipinski definition) is 4. The number of nitrogens with zero attached hydrogens (tertiary/aromatic N) is 1. The zero-order valence-corrected chi connectivity index (χ0v) is 17.1. The fourth-order valence-corrected chi connectivity index (χ4v) is 3.84. The van der Waals surface area contributed by atoms with Gasteiger partial charge in [-0.15, -0.1) is 0 Å². The van der Waals surface area contributed by atoms with E-state index in [1.807, 2.05) is 12.1 Å². The Labute approximate surface area is 183 Å². The van der Waals surface area contributed by atoms with Crippen molar-refractivity contribution in [2.75, 3.05) is 7.11 Å². The topological polar surface area (TPSA) is 67.9 Å². The van der Waals surface area contributed by atoms with Crippen LogP contribution in [0.4, 0.5) is 13.6 Å². The summed E-state index contributed by atoms with van der Waals surface area (Å²) in [5.41, 5.74) is 0.405. The van der Waals surface area contributed by atoms with Crippen LogP contribution < -0.4 is 14.8 Å². The predicted molar refractivity (Wildman–Crippen MR) is 112 cm³/mol. The largest absolute Gasteiger partial charge is 0.493 e. The maximum atomic E-state index is 13.7. The summed E-state index contributed by atoms with van der Waals surface area (Å²) in [5.74, 6) is -0.495. The van der Waals surface area contributed by atoms with Crippen molar-refractivity contribution >= 4 is 11.9 Å². The average molecular weight is 438 g/mol. The lowest BCUT2D eigenvalue weighted by molar-refractivity contribution is -0.130. The Kier molecular flexibility index (Phi) is 5.77. The van der Waals surface area contributed by atoms with Crippen LogP contribution >= 0.6 is 0 Å². The highest BCUT2D eigenvalue weighted by Crippen LogP contribution is 2.37. The van der Waals surface area contributed by atoms with E-state index in [9.17, 15) is 18.4 Å². The Bertz CT molecular complexity index is 1080. The fraction of sp³-hybridized carbons (Fsp3) is 0.167. The molecule has 1 aliphatic heterocycles. The van der Waals surface area contributed by atoms with Gasteiger partial charge in [0, 0.05) is 0 Å². The van der Waals surface area contributed by atoms with Crippen LogP contribution in [0.1, 0.15) is 16.7 Å². The van der Waals surface area contributed by atoms with Gasteiger partial charge in [-0.1, -0.05) is 66.7 Å². The molecule has 0 aromatic heterocycles. The summed E-state index contributed by atoms with van der Waals surface area (Å²) in [6.45, 7) is -3.07. The smallest absolute Gasteiger partial charge is 0.387 e. The second kappa shape index (κ2) is 8.66. The van der Waals surface area contributed by atoms with Crippen molar-refractivity contribution in [1.82, 2.24) is 10.2 Å². The lowest BCUT2D eigenvalue weighted by atomic mass is 9.82. The number of halogens is 2. The van der Waals surface area contributed by atoms with E-state index < -0.39 is 24.1 Å². The first-order valence-corrected chi connectivity index (χ1v) is 9.82. The number of methoxy groups -OCH3 is 1. The summed E-state index contributed by atoms with van der Waals surface area (Å²) >= 11 is 0. The van der Waals surface area contributed by atoms with Crippen molar-refractivity contribution in [2.24, 2.45) is 0 Å². The molecule has 1 fully saturated rings. The van der Waals surface area contributed by atoms with Gasteiger partial charge in [0.25, 0.3) is 5.91 Å². The first kappa shape index (κ1) is 21.3. The normalized spacial score (nSPS) is 15.1. The molecule has 1 N–H and O–H groups in total. The van der Waals surface area contributed by atoms with E-state index in [4.69, 9.17) is 4.74 Å². The average Bonchev–Trinajstić information content (AvgIpc) is 3.06. The van der Waals surface area contributed by atoms with E-state index in [2.05, 4.69) is 10.1 Å². The number of alkyl halides is 2. The number of rotatable bonds is 7. The Morgan fingerprint density at radius 3 is 2.03 bits per heavy atom. The minimum absolute atomic E-state index is 0.0720. The zero-order chi connectivity index (χ0) is 22.7. The highest BCUT2D eigenvalue weighted by atomic mass is 19.3. The Hall–Kier alpha value is -3.94. The van der Waals surface area contributed by atoms with Gasteiger partial charge in [0.05, 0.1) is 13.7 Å². The van der Waals surface area contributed by atoms with E-state index in [0.717, 1.165) is 4.90 Å². The van der Waals surface area contributed by atoms with Gasteiger partial charge in [-0.3, -0.25) is 9.69 Å². The van der Waals surface area contributed by atoms with Crippen molar-refractivity contribution in [1.29, 1.82) is 0 Å². The maximum absolute atomic E-state index is 13.7. The van der Waals surface area contributed by atoms with Crippen LogP contribution in [0, 0.1) is 0 Å². The second-order valence-electron chi connectivity index (χ2n) is 7.17. The summed E-state index contributed by atoms with van der Waals surface area (Å²) < 4.78 is 34.7. The van der Waals surface area contributed by atoms with E-state index >= 15 is 0 Å². The van der Waals surface area contributed by atoms with Gasteiger partial charge in [0.15, 0.2) is 17.0 Å². The molecule has 8 heteroatoms. The van der Waals surface area contributed by atoms with Crippen LogP contribution in [0.2, 0.25) is 0 Å². The number of urea groups is 1. The van der Waals surface area contributed by atoms with Crippen molar-refractivity contribution in [3.05, 3.63) is 95.6 Å². The van der Waals surface area contributed by atoms with Crippen LogP contribution in [-0.2, 0) is 16.9 Å². The third-order valence-corrected chi connectivity index (χ3v) is 5.30. The molecule has 1 heterocycles. The number of carbonyl (C=O) groups excluding carboxylic acids is 2. The van der Waals surface area contributed by atoms with Crippen molar-refractivity contribution in [3.8, 4) is 11.5 Å². The summed E-state index contributed by atoms with van der Waals surface area (Å²) in [4.78, 5) is 27.8. The number of ether oxygens (including phenoxy) is 2. The quantitative estimate of drug-likeness (QED) is 0.559. The number of nitrogens with one attached hydrogen (secondary N) is 1. The molecule has 1 aliphatic rings. The highest BCUT2D eigenvalue weighted by molar-refractivity contribution is 6.09. The molecule has 0 bridgehead atoms. The third kappa shape index (κ3) is 3.75. The molecule has 0 spiro atoms. The monoisotopic (exact) mass is 438 g/mol. The molecule has 0 atom stereocenters. The molecule has 32 heavy (non-hydrogen) atoms. The third-order valence-electron chi connectivity index (χ3n) is 5.30. The van der Waals surface area contributed by atoms with E-state index in [-0.39, 0.29) is 18.0 Å². The van der Waals surface area contributed by atoms with Crippen LogP contribution in [0.15, 0.2) is 78.9 Å². The first-order chi connectivity index (χ1) is 15.5. The molecule has 4 rings (SSSR count). The molecule has 0 aliphatic carbocycles. The zero-order valence-electron chi connectivity index (χ0n) is 17.1. The van der Waals surface area contributed by atoms with Gasteiger partial charge < -0.3 is 14.8 Å². The van der Waals surface area contributed by atoms with Crippen LogP contribution in [-0.4, -0.2) is 30.6 Å². The molecule has 3 aromatic rings. The standard InChI is InChI=1S/C24H20F2N2O4/c1-31-20-14-16(12-13-19(20)32-22(25)26)15-28-21(29)24(27-23(28)30,17-8-4-2-5-9-17)18-10-6-3-7-11-18/h2-14,22H,15H2,1H3,(H,27,30). The van der Waals surface area contributed by atoms with Gasteiger partial charge in [0.1, 0.15) is 0 Å². The minimum atomic E-state index is -3.00. The molecule has 3 aromatic carbocycles. The number of carbonyl (C=O) groups is 2. The Morgan fingerprint density at radius 1 is 0.906 bits per heavy atom. The molecule has 0 unspecified atom stereocenters. The predicted octanol–water partition coefficient (Wildman–Crippen LogP) is 4.29. The molecule has 6 nitrogen and oxygen atoms in total. The second-order valence-corrected chi connectivity index (χ2v) is 7.17. The van der Waals surface area contributed by atoms with Crippen molar-refractivity contribution < 1.29 is 27.8 Å². The molecule has 0 radical (unpaired) electrons. The van der Waals surface area contributed by atoms with Crippen molar-refractivity contribution in [3.63, 3.8) is 0 Å². The van der Waals surface area contributed by atoms with Gasteiger partial charge in [0.2, 0.25) is 0 Å². The van der Waals surface area contributed by atoms with Crippen molar-refractivity contribution in [2.45, 2.75) is 18.7 Å². The molecule has 3 amide bonds. The highest BCUT2D eigenvalue weighted by Gasteiger charge is 2.53. The molecular weight excluding hydrogens is 418 g/mol. The van der Waals surface area contributed by atoms with Crippen LogP contribution in [0.25, 0.3) is 0 Å². The van der Waals surface area contributed by atoms with E-state index in [1.54, 1.807) is 48.5 Å². The van der Waals surface area contributed by atoms with Gasteiger partial charge in [-0.25, -0.2) is 4.79 Å². The Balaban J connectivity index is 1.70. The SMILES string of the molecule is COc1cc(CN2C(=O)NC(c3ccccc3)(c3ccccc3)C2=O)ccc1OC(F)F. The molecule has 0 saturated carbocycles. The number of benzene rings is 3. The van der Waals surface area contributed by atoms with Gasteiger partial charge >= 0.3 is 12.6 Å². The lowest BCUT2D eigenvalue weighted by Gasteiger charge is -2.28. The van der Waals surface area contributed by atoms with Crippen LogP contribution in [0.3, 0.4) is 0 Å². The maximum Gasteiger partial charge on any atom is 0.387 e. The number of hydrogen-bond donors (Lipinski definition) is 1. The number of imide groups is 1. The molecular formula is C24H20F2N2O4. The summed E-state index contributed by atoms with van der Waals surface area (Å²) in [6.07, 6.45) is 0. The Morgan fingerprint density at radius 2 is 1.50 bits per heavy atom. The summed E-state index contributed by atoms with van der Waals surface area (Å²) in [7, 11) is 1.32. The summed E-state index contributed by atoms with van der Waals surface area (Å²) in [5, 5.41) is 2.87. The van der Waals surface area contributed by atoms with E-state index in [1.165, 1.54) is 25.3 Å². The first-order valence-electron chi connectivity index (χ1n) is 9.82.